The molecule has 164 valence electrons. The molecule has 6 nitrogen and oxygen atoms in total. The minimum Gasteiger partial charge on any atom is -0.355 e. The first-order valence-corrected chi connectivity index (χ1v) is 13.2. The summed E-state index contributed by atoms with van der Waals surface area (Å²) in [6.45, 7) is 0.639. The van der Waals surface area contributed by atoms with Crippen molar-refractivity contribution in [3.8, 4) is 0 Å². The fraction of sp³-hybridized carbons (Fsp3) is 0.417. The molecule has 2 aliphatic carbocycles. The lowest BCUT2D eigenvalue weighted by Crippen LogP contribution is -2.27. The first-order chi connectivity index (χ1) is 15.8. The summed E-state index contributed by atoms with van der Waals surface area (Å²) in [6, 6.07) is 10.2. The summed E-state index contributed by atoms with van der Waals surface area (Å²) < 4.78 is 2.14. The van der Waals surface area contributed by atoms with Crippen LogP contribution in [0.3, 0.4) is 0 Å². The lowest BCUT2D eigenvalue weighted by atomic mass is 9.97. The molecule has 32 heavy (non-hydrogen) atoms. The fourth-order valence-corrected chi connectivity index (χ4v) is 6.57. The van der Waals surface area contributed by atoms with Crippen LogP contribution in [0.5, 0.6) is 0 Å². The quantitative estimate of drug-likeness (QED) is 0.407. The van der Waals surface area contributed by atoms with Gasteiger partial charge in [0.2, 0.25) is 5.91 Å². The van der Waals surface area contributed by atoms with Crippen LogP contribution < -0.4 is 5.32 Å². The second-order valence-corrected chi connectivity index (χ2v) is 10.7. The number of thiophene rings is 1. The van der Waals surface area contributed by atoms with Crippen molar-refractivity contribution in [3.05, 3.63) is 52.2 Å². The smallest absolute Gasteiger partial charge is 0.230 e. The summed E-state index contributed by atoms with van der Waals surface area (Å²) in [4.78, 5) is 20.2. The summed E-state index contributed by atoms with van der Waals surface area (Å²) in [6.07, 6.45) is 7.92. The van der Waals surface area contributed by atoms with E-state index in [-0.39, 0.29) is 5.91 Å². The van der Waals surface area contributed by atoms with Crippen LogP contribution in [-0.4, -0.2) is 37.8 Å². The standard InChI is InChI=1S/C24H25N5OS2/c30-19(25-13-12-15-6-2-1-3-7-15)14-31-24-28-27-22-20-17-8-4-5-9-18(17)32-23(20)26-21(29(22)24)16-10-11-16/h1-3,6-7,16H,4-5,8-14H2,(H,25,30). The van der Waals surface area contributed by atoms with Crippen molar-refractivity contribution in [3.63, 3.8) is 0 Å². The second kappa shape index (κ2) is 8.48. The van der Waals surface area contributed by atoms with Gasteiger partial charge in [0.15, 0.2) is 10.8 Å². The first kappa shape index (κ1) is 20.2. The third kappa shape index (κ3) is 3.79. The highest BCUT2D eigenvalue weighted by molar-refractivity contribution is 7.99. The molecule has 0 bridgehead atoms. The van der Waals surface area contributed by atoms with Crippen molar-refractivity contribution in [2.45, 2.75) is 56.0 Å². The molecule has 6 rings (SSSR count). The number of carbonyl (C=O) groups excluding carboxylic acids is 1. The number of benzene rings is 1. The van der Waals surface area contributed by atoms with Gasteiger partial charge in [-0.15, -0.1) is 21.5 Å². The molecule has 1 amide bonds. The number of rotatable bonds is 7. The zero-order valence-corrected chi connectivity index (χ0v) is 19.5. The van der Waals surface area contributed by atoms with Crippen LogP contribution in [-0.2, 0) is 24.1 Å². The molecule has 1 aromatic carbocycles. The van der Waals surface area contributed by atoms with E-state index in [0.29, 0.717) is 18.2 Å². The fourth-order valence-electron chi connectivity index (χ4n) is 4.53. The van der Waals surface area contributed by atoms with E-state index in [1.54, 1.807) is 0 Å². The molecule has 0 unspecified atom stereocenters. The van der Waals surface area contributed by atoms with Gasteiger partial charge >= 0.3 is 0 Å². The highest BCUT2D eigenvalue weighted by Gasteiger charge is 2.32. The second-order valence-electron chi connectivity index (χ2n) is 8.65. The van der Waals surface area contributed by atoms with Crippen molar-refractivity contribution in [1.29, 1.82) is 0 Å². The largest absolute Gasteiger partial charge is 0.355 e. The van der Waals surface area contributed by atoms with E-state index >= 15 is 0 Å². The van der Waals surface area contributed by atoms with Gasteiger partial charge in [0, 0.05) is 17.3 Å². The van der Waals surface area contributed by atoms with E-state index < -0.39 is 0 Å². The molecule has 0 atom stereocenters. The molecule has 0 radical (unpaired) electrons. The topological polar surface area (TPSA) is 72.2 Å². The first-order valence-electron chi connectivity index (χ1n) is 11.4. The molecular weight excluding hydrogens is 438 g/mol. The van der Waals surface area contributed by atoms with Crippen molar-refractivity contribution < 1.29 is 4.79 Å². The molecule has 1 saturated carbocycles. The van der Waals surface area contributed by atoms with Crippen molar-refractivity contribution in [1.82, 2.24) is 24.9 Å². The lowest BCUT2D eigenvalue weighted by Gasteiger charge is -2.11. The summed E-state index contributed by atoms with van der Waals surface area (Å²) >= 11 is 3.31. The average Bonchev–Trinajstić information content (AvgIpc) is 3.47. The molecular formula is C24H25N5OS2. The van der Waals surface area contributed by atoms with E-state index in [0.717, 1.165) is 40.7 Å². The van der Waals surface area contributed by atoms with Crippen molar-refractivity contribution in [2.75, 3.05) is 12.3 Å². The predicted octanol–water partition coefficient (Wildman–Crippen LogP) is 4.55. The maximum absolute atomic E-state index is 12.5. The molecule has 0 spiro atoms. The van der Waals surface area contributed by atoms with Gasteiger partial charge in [0.25, 0.3) is 0 Å². The number of hydrogen-bond donors (Lipinski definition) is 1. The number of amides is 1. The van der Waals surface area contributed by atoms with Crippen LogP contribution in [0.25, 0.3) is 15.9 Å². The Morgan fingerprint density at radius 3 is 2.84 bits per heavy atom. The van der Waals surface area contributed by atoms with Crippen molar-refractivity contribution >= 4 is 44.9 Å². The molecule has 2 aliphatic rings. The number of carbonyl (C=O) groups is 1. The van der Waals surface area contributed by atoms with Gasteiger partial charge in [-0.25, -0.2) is 4.98 Å². The van der Waals surface area contributed by atoms with Gasteiger partial charge in [0.05, 0.1) is 11.1 Å². The third-order valence-corrected chi connectivity index (χ3v) is 8.42. The molecule has 3 aromatic heterocycles. The molecule has 1 fully saturated rings. The highest BCUT2D eigenvalue weighted by atomic mass is 32.2. The molecule has 0 saturated heterocycles. The van der Waals surface area contributed by atoms with E-state index in [1.165, 1.54) is 58.8 Å². The Morgan fingerprint density at radius 1 is 1.16 bits per heavy atom. The van der Waals surface area contributed by atoms with Crippen LogP contribution in [0, 0.1) is 0 Å². The van der Waals surface area contributed by atoms with Crippen LogP contribution in [0.2, 0.25) is 0 Å². The number of nitrogens with one attached hydrogen (secondary N) is 1. The number of aryl methyl sites for hydroxylation is 2. The van der Waals surface area contributed by atoms with Gasteiger partial charge in [-0.1, -0.05) is 42.1 Å². The maximum Gasteiger partial charge on any atom is 0.230 e. The van der Waals surface area contributed by atoms with Crippen LogP contribution in [0.4, 0.5) is 0 Å². The third-order valence-electron chi connectivity index (χ3n) is 6.31. The Hall–Kier alpha value is -2.45. The molecule has 1 N–H and O–H groups in total. The van der Waals surface area contributed by atoms with Crippen LogP contribution >= 0.6 is 23.1 Å². The predicted molar refractivity (Wildman–Crippen MR) is 129 cm³/mol. The zero-order chi connectivity index (χ0) is 21.5. The Morgan fingerprint density at radius 2 is 2.00 bits per heavy atom. The number of fused-ring (bicyclic) bond motifs is 5. The summed E-state index contributed by atoms with van der Waals surface area (Å²) in [5.74, 6) is 1.91. The summed E-state index contributed by atoms with van der Waals surface area (Å²) in [7, 11) is 0. The Kier molecular flexibility index (Phi) is 5.35. The highest BCUT2D eigenvalue weighted by Crippen LogP contribution is 2.44. The van der Waals surface area contributed by atoms with E-state index in [2.05, 4.69) is 32.0 Å². The number of thioether (sulfide) groups is 1. The molecule has 0 aliphatic heterocycles. The van der Waals surface area contributed by atoms with Crippen molar-refractivity contribution in [2.24, 2.45) is 0 Å². The summed E-state index contributed by atoms with van der Waals surface area (Å²) in [5.41, 5.74) is 3.59. The van der Waals surface area contributed by atoms with Gasteiger partial charge in [-0.3, -0.25) is 9.20 Å². The maximum atomic E-state index is 12.5. The van der Waals surface area contributed by atoms with Gasteiger partial charge in [-0.2, -0.15) is 0 Å². The minimum atomic E-state index is 0.0256. The molecule has 4 aromatic rings. The van der Waals surface area contributed by atoms with Gasteiger partial charge < -0.3 is 5.32 Å². The van der Waals surface area contributed by atoms with E-state index in [4.69, 9.17) is 4.98 Å². The summed E-state index contributed by atoms with van der Waals surface area (Å²) in [5, 5.41) is 14.1. The monoisotopic (exact) mass is 463 g/mol. The zero-order valence-electron chi connectivity index (χ0n) is 17.8. The Balaban J connectivity index is 1.23. The molecule has 3 heterocycles. The molecule has 8 heteroatoms. The Bertz CT molecular complexity index is 1290. The van der Waals surface area contributed by atoms with Crippen LogP contribution in [0.15, 0.2) is 35.5 Å². The Labute approximate surface area is 194 Å². The van der Waals surface area contributed by atoms with E-state index in [9.17, 15) is 4.79 Å². The number of nitrogens with zero attached hydrogens (tertiary/aromatic N) is 4. The number of hydrogen-bond acceptors (Lipinski definition) is 6. The van der Waals surface area contributed by atoms with Crippen LogP contribution in [0.1, 0.15) is 53.4 Å². The van der Waals surface area contributed by atoms with Gasteiger partial charge in [0.1, 0.15) is 10.7 Å². The van der Waals surface area contributed by atoms with Gasteiger partial charge in [-0.05, 0) is 56.1 Å². The number of aromatic nitrogens is 4. The SMILES string of the molecule is O=C(CSc1nnc2c3c4c(sc3nc(C3CC3)n12)CCCC4)NCCc1ccccc1. The average molecular weight is 464 g/mol. The lowest BCUT2D eigenvalue weighted by molar-refractivity contribution is -0.118. The van der Waals surface area contributed by atoms with E-state index in [1.807, 2.05) is 29.5 Å². The normalized spacial score (nSPS) is 15.9. The minimum absolute atomic E-state index is 0.0256.